The predicted molar refractivity (Wildman–Crippen MR) is 60.4 cm³/mol. The van der Waals surface area contributed by atoms with Gasteiger partial charge in [-0.3, -0.25) is 10.1 Å². The normalized spacial score (nSPS) is 11.4. The molecule has 0 bridgehead atoms. The maximum Gasteiger partial charge on any atom is 0.273 e. The number of hydrogen-bond acceptors (Lipinski definition) is 4. The van der Waals surface area contributed by atoms with Gasteiger partial charge < -0.3 is 0 Å². The third-order valence-corrected chi connectivity index (χ3v) is 4.02. The molecule has 0 saturated carbocycles. The minimum Gasteiger partial charge on any atom is -0.258 e. The lowest BCUT2D eigenvalue weighted by Crippen LogP contribution is -2.08. The molecule has 0 atom stereocenters. The van der Waals surface area contributed by atoms with Crippen LogP contribution in [0.3, 0.4) is 0 Å². The molecule has 1 aromatic rings. The van der Waals surface area contributed by atoms with Crippen molar-refractivity contribution in [1.82, 2.24) is 0 Å². The second-order valence-corrected chi connectivity index (χ2v) is 5.75. The van der Waals surface area contributed by atoms with E-state index < -0.39 is 31.2 Å². The minimum atomic E-state index is -3.73. The first-order valence-corrected chi connectivity index (χ1v) is 6.79. The molecule has 0 N–H and O–H groups in total. The third kappa shape index (κ3) is 3.64. The molecule has 0 aliphatic heterocycles. The maximum atomic E-state index is 13.0. The molecule has 0 aliphatic rings. The highest BCUT2D eigenvalue weighted by Gasteiger charge is 2.19. The number of sulfone groups is 1. The molecule has 8 heteroatoms. The molecule has 0 aliphatic carbocycles. The molecule has 0 aromatic heterocycles. The summed E-state index contributed by atoms with van der Waals surface area (Å²) in [6.45, 7) is 0. The fraction of sp³-hybridized carbons (Fsp3) is 0.333. The Balaban J connectivity index is 3.18. The molecular formula is C9H9ClFNO4S. The van der Waals surface area contributed by atoms with Gasteiger partial charge in [0.05, 0.1) is 21.6 Å². The van der Waals surface area contributed by atoms with Gasteiger partial charge in [0.1, 0.15) is 5.82 Å². The number of halogens is 2. The molecule has 5 nitrogen and oxygen atoms in total. The van der Waals surface area contributed by atoms with Crippen LogP contribution in [0.5, 0.6) is 0 Å². The van der Waals surface area contributed by atoms with Crippen molar-refractivity contribution in [1.29, 1.82) is 0 Å². The van der Waals surface area contributed by atoms with Crippen LogP contribution in [0.2, 0.25) is 0 Å². The highest BCUT2D eigenvalue weighted by atomic mass is 35.5. The van der Waals surface area contributed by atoms with Crippen molar-refractivity contribution in [3.05, 3.63) is 34.1 Å². The number of alkyl halides is 1. The van der Waals surface area contributed by atoms with Crippen LogP contribution in [0.25, 0.3) is 0 Å². The Morgan fingerprint density at radius 2 is 2.00 bits per heavy atom. The van der Waals surface area contributed by atoms with E-state index in [-0.39, 0.29) is 18.1 Å². The largest absolute Gasteiger partial charge is 0.273 e. The van der Waals surface area contributed by atoms with Gasteiger partial charge >= 0.3 is 0 Å². The Morgan fingerprint density at radius 1 is 1.35 bits per heavy atom. The summed E-state index contributed by atoms with van der Waals surface area (Å²) in [4.78, 5) is 9.23. The Morgan fingerprint density at radius 3 is 2.53 bits per heavy atom. The molecule has 1 rings (SSSR count). The Labute approximate surface area is 102 Å². The summed E-state index contributed by atoms with van der Waals surface area (Å²) < 4.78 is 36.4. The zero-order valence-electron chi connectivity index (χ0n) is 8.60. The molecular weight excluding hydrogens is 273 g/mol. The monoisotopic (exact) mass is 281 g/mol. The van der Waals surface area contributed by atoms with Gasteiger partial charge in [-0.1, -0.05) is 0 Å². The van der Waals surface area contributed by atoms with Gasteiger partial charge in [-0.2, -0.15) is 0 Å². The summed E-state index contributed by atoms with van der Waals surface area (Å²) in [7, 11) is -3.73. The third-order valence-electron chi connectivity index (χ3n) is 1.97. The Hall–Kier alpha value is -1.21. The lowest BCUT2D eigenvalue weighted by Gasteiger charge is -2.03. The lowest BCUT2D eigenvalue weighted by atomic mass is 10.3. The number of nitro benzene ring substituents is 1. The van der Waals surface area contributed by atoms with Crippen molar-refractivity contribution < 1.29 is 17.7 Å². The average Bonchev–Trinajstić information content (AvgIpc) is 2.25. The highest BCUT2D eigenvalue weighted by molar-refractivity contribution is 7.91. The fourth-order valence-electron chi connectivity index (χ4n) is 1.20. The zero-order chi connectivity index (χ0) is 13.1. The fourth-order valence-corrected chi connectivity index (χ4v) is 2.84. The first kappa shape index (κ1) is 13.9. The lowest BCUT2D eigenvalue weighted by molar-refractivity contribution is -0.385. The van der Waals surface area contributed by atoms with Crippen LogP contribution in [0.4, 0.5) is 10.1 Å². The van der Waals surface area contributed by atoms with Crippen molar-refractivity contribution >= 4 is 27.1 Å². The predicted octanol–water partition coefficient (Wildman–Crippen LogP) is 2.14. The van der Waals surface area contributed by atoms with Crippen LogP contribution in [0, 0.1) is 15.9 Å². The molecule has 17 heavy (non-hydrogen) atoms. The van der Waals surface area contributed by atoms with Crippen LogP contribution >= 0.6 is 11.6 Å². The van der Waals surface area contributed by atoms with E-state index in [4.69, 9.17) is 11.6 Å². The quantitative estimate of drug-likeness (QED) is 0.471. The van der Waals surface area contributed by atoms with E-state index in [9.17, 15) is 22.9 Å². The molecule has 0 unspecified atom stereocenters. The highest BCUT2D eigenvalue weighted by Crippen LogP contribution is 2.21. The number of non-ortho nitro benzene ring substituents is 1. The van der Waals surface area contributed by atoms with Crippen molar-refractivity contribution in [3.8, 4) is 0 Å². The molecule has 94 valence electrons. The van der Waals surface area contributed by atoms with Gasteiger partial charge in [-0.15, -0.1) is 11.6 Å². The topological polar surface area (TPSA) is 77.3 Å². The van der Waals surface area contributed by atoms with Crippen molar-refractivity contribution in [3.63, 3.8) is 0 Å². The summed E-state index contributed by atoms with van der Waals surface area (Å²) in [6, 6.07) is 2.27. The van der Waals surface area contributed by atoms with Crippen LogP contribution in [0.1, 0.15) is 6.42 Å². The SMILES string of the molecule is O=[N+]([O-])c1cc(F)cc(S(=O)(=O)CCCCl)c1. The van der Waals surface area contributed by atoms with Gasteiger partial charge in [0.15, 0.2) is 9.84 Å². The first-order chi connectivity index (χ1) is 7.86. The van der Waals surface area contributed by atoms with E-state index in [0.29, 0.717) is 6.07 Å². The van der Waals surface area contributed by atoms with Gasteiger partial charge in [0, 0.05) is 11.9 Å². The van der Waals surface area contributed by atoms with Crippen molar-refractivity contribution in [2.24, 2.45) is 0 Å². The second-order valence-electron chi connectivity index (χ2n) is 3.26. The van der Waals surface area contributed by atoms with Gasteiger partial charge in [0.25, 0.3) is 5.69 Å². The molecule has 0 radical (unpaired) electrons. The second kappa shape index (κ2) is 5.42. The summed E-state index contributed by atoms with van der Waals surface area (Å²) >= 11 is 5.36. The van der Waals surface area contributed by atoms with E-state index >= 15 is 0 Å². The summed E-state index contributed by atoms with van der Waals surface area (Å²) in [6.07, 6.45) is 0.203. The zero-order valence-corrected chi connectivity index (χ0v) is 10.2. The number of benzene rings is 1. The van der Waals surface area contributed by atoms with E-state index in [1.807, 2.05) is 0 Å². The summed E-state index contributed by atoms with van der Waals surface area (Å²) in [5, 5.41) is 10.5. The van der Waals surface area contributed by atoms with Gasteiger partial charge in [-0.25, -0.2) is 12.8 Å². The average molecular weight is 282 g/mol. The van der Waals surface area contributed by atoms with Crippen LogP contribution in [0.15, 0.2) is 23.1 Å². The van der Waals surface area contributed by atoms with Crippen LogP contribution < -0.4 is 0 Å². The number of hydrogen-bond donors (Lipinski definition) is 0. The molecule has 0 fully saturated rings. The van der Waals surface area contributed by atoms with E-state index in [1.165, 1.54) is 0 Å². The summed E-state index contributed by atoms with van der Waals surface area (Å²) in [5.74, 6) is -1.07. The van der Waals surface area contributed by atoms with Gasteiger partial charge in [-0.05, 0) is 12.5 Å². The first-order valence-electron chi connectivity index (χ1n) is 4.60. The van der Waals surface area contributed by atoms with Crippen molar-refractivity contribution in [2.75, 3.05) is 11.6 Å². The van der Waals surface area contributed by atoms with E-state index in [2.05, 4.69) is 0 Å². The maximum absolute atomic E-state index is 13.0. The Bertz CT molecular complexity index is 532. The Kier molecular flexibility index (Phi) is 4.41. The smallest absolute Gasteiger partial charge is 0.258 e. The van der Waals surface area contributed by atoms with E-state index in [0.717, 1.165) is 12.1 Å². The summed E-state index contributed by atoms with van der Waals surface area (Å²) in [5.41, 5.74) is -0.588. The number of nitrogens with zero attached hydrogens (tertiary/aromatic N) is 1. The molecule has 0 amide bonds. The van der Waals surface area contributed by atoms with Crippen LogP contribution in [-0.4, -0.2) is 25.0 Å². The van der Waals surface area contributed by atoms with Crippen molar-refractivity contribution in [2.45, 2.75) is 11.3 Å². The molecule has 1 aromatic carbocycles. The minimum absolute atomic E-state index is 0.149. The number of nitro groups is 1. The standard InChI is InChI=1S/C9H9ClFNO4S/c10-2-1-3-17(15,16)9-5-7(11)4-8(6-9)12(13)14/h4-6H,1-3H2. The molecule has 0 saturated heterocycles. The van der Waals surface area contributed by atoms with Gasteiger partial charge in [0.2, 0.25) is 0 Å². The van der Waals surface area contributed by atoms with E-state index in [1.54, 1.807) is 0 Å². The molecule has 0 spiro atoms. The van der Waals surface area contributed by atoms with Crippen LogP contribution in [-0.2, 0) is 9.84 Å². The number of rotatable bonds is 5. The molecule has 0 heterocycles.